The van der Waals surface area contributed by atoms with Gasteiger partial charge in [-0.25, -0.2) is 0 Å². The van der Waals surface area contributed by atoms with Crippen LogP contribution in [-0.2, 0) is 39.7 Å². The van der Waals surface area contributed by atoms with Crippen LogP contribution in [0.5, 0.6) is 0 Å². The van der Waals surface area contributed by atoms with Gasteiger partial charge in [0.2, 0.25) is 0 Å². The van der Waals surface area contributed by atoms with E-state index < -0.39 is 18.0 Å². The summed E-state index contributed by atoms with van der Waals surface area (Å²) in [6, 6.07) is 29.2. The molecule has 0 aromatic heterocycles. The first-order chi connectivity index (χ1) is 24.9. The molecule has 4 aromatic carbocycles. The number of hydrogen-bond donors (Lipinski definition) is 0. The summed E-state index contributed by atoms with van der Waals surface area (Å²) in [5.74, 6) is 0. The van der Waals surface area contributed by atoms with Gasteiger partial charge in [0.15, 0.2) is 0 Å². The third kappa shape index (κ3) is 7.03. The normalized spacial score (nSPS) is 17.6. The maximum atomic E-state index is 2.82. The second-order valence-corrected chi connectivity index (χ2v) is 47.6. The third-order valence-electron chi connectivity index (χ3n) is 13.7. The Morgan fingerprint density at radius 2 is 0.796 bits per heavy atom. The second kappa shape index (κ2) is 13.6. The summed E-state index contributed by atoms with van der Waals surface area (Å²) in [6.45, 7) is 33.1. The fourth-order valence-electron chi connectivity index (χ4n) is 10.0. The molecule has 4 aromatic rings. The van der Waals surface area contributed by atoms with E-state index in [0.717, 1.165) is 12.8 Å². The molecule has 6 rings (SSSR count). The summed E-state index contributed by atoms with van der Waals surface area (Å²) in [5, 5.41) is 0. The Labute approximate surface area is 331 Å². The Morgan fingerprint density at radius 3 is 1.07 bits per heavy atom. The van der Waals surface area contributed by atoms with Crippen LogP contribution in [0.1, 0.15) is 162 Å². The van der Waals surface area contributed by atoms with Crippen LogP contribution in [0, 0.1) is 0 Å². The molecule has 0 saturated carbocycles. The molecule has 0 radical (unpaired) electrons. The molecule has 0 aliphatic heterocycles. The van der Waals surface area contributed by atoms with Gasteiger partial charge < -0.3 is 0 Å². The summed E-state index contributed by atoms with van der Waals surface area (Å²) < 4.78 is 8.38. The zero-order chi connectivity index (χ0) is 39.8. The van der Waals surface area contributed by atoms with Gasteiger partial charge in [0.25, 0.3) is 0 Å². The van der Waals surface area contributed by atoms with Gasteiger partial charge in [-0.3, -0.25) is 0 Å². The molecular formula is C53H70Hf. The Hall–Kier alpha value is -2.90. The monoisotopic (exact) mass is 886 g/mol. The van der Waals surface area contributed by atoms with Crippen molar-refractivity contribution < 1.29 is 18.0 Å². The van der Waals surface area contributed by atoms with E-state index in [2.05, 4.69) is 203 Å². The fraction of sp³-hybridized carbons (Fsp3) is 0.453. The molecule has 0 nitrogen and oxygen atoms in total. The molecule has 0 bridgehead atoms. The first-order valence-corrected chi connectivity index (χ1v) is 34.0. The van der Waals surface area contributed by atoms with Crippen molar-refractivity contribution in [1.29, 1.82) is 0 Å². The van der Waals surface area contributed by atoms with Crippen molar-refractivity contribution in [1.82, 2.24) is 0 Å². The van der Waals surface area contributed by atoms with E-state index in [-0.39, 0.29) is 21.7 Å². The Morgan fingerprint density at radius 1 is 0.481 bits per heavy atom. The fourth-order valence-corrected chi connectivity index (χ4v) is 36.2. The van der Waals surface area contributed by atoms with Crippen molar-refractivity contribution in [3.8, 4) is 22.3 Å². The maximum absolute atomic E-state index is 4.14. The topological polar surface area (TPSA) is 0 Å². The molecule has 0 fully saturated rings. The van der Waals surface area contributed by atoms with Gasteiger partial charge in [0.1, 0.15) is 0 Å². The van der Waals surface area contributed by atoms with Gasteiger partial charge in [-0.05, 0) is 0 Å². The third-order valence-corrected chi connectivity index (χ3v) is 41.6. The summed E-state index contributed by atoms with van der Waals surface area (Å²) in [4.78, 5) is 0. The van der Waals surface area contributed by atoms with Crippen molar-refractivity contribution in [2.24, 2.45) is 0 Å². The van der Waals surface area contributed by atoms with Crippen LogP contribution in [-0.4, -0.2) is 3.26 Å². The molecule has 0 heterocycles. The van der Waals surface area contributed by atoms with E-state index in [1.807, 2.05) is 3.26 Å². The summed E-state index contributed by atoms with van der Waals surface area (Å²) in [6.07, 6.45) is 12.7. The number of benzene rings is 4. The zero-order valence-corrected chi connectivity index (χ0v) is 40.4. The van der Waals surface area contributed by atoms with Gasteiger partial charge in [0.05, 0.1) is 0 Å². The average molecular weight is 886 g/mol. The molecule has 2 aliphatic rings. The standard InChI is InChI=1S/2C23H27.C5H10.2CH3.Hf/c2*1-22(2,3)18-13-17(14-19(15-18)23(4,5)6)21-12-8-10-16-9-7-11-20(16)21;1-3-5-4-2;;;/h2*7-15H,1-6H3;3-4H2,1-2H3;2*1H3;. The van der Waals surface area contributed by atoms with Gasteiger partial charge in [0, 0.05) is 0 Å². The Balaban J connectivity index is 1.55. The van der Waals surface area contributed by atoms with E-state index in [1.165, 1.54) is 55.6 Å². The van der Waals surface area contributed by atoms with Crippen LogP contribution in [0.3, 0.4) is 0 Å². The number of fused-ring (bicyclic) bond motifs is 2. The van der Waals surface area contributed by atoms with Crippen LogP contribution in [0.25, 0.3) is 34.4 Å². The first-order valence-electron chi connectivity index (χ1n) is 20.9. The van der Waals surface area contributed by atoms with Gasteiger partial charge in [-0.15, -0.1) is 0 Å². The number of allylic oxidation sites excluding steroid dienone is 2. The molecule has 0 saturated heterocycles. The summed E-state index contributed by atoms with van der Waals surface area (Å²) in [7, 11) is 0. The predicted molar refractivity (Wildman–Crippen MR) is 239 cm³/mol. The summed E-state index contributed by atoms with van der Waals surface area (Å²) >= 11 is -4.14. The van der Waals surface area contributed by atoms with Crippen LogP contribution in [0.4, 0.5) is 0 Å². The van der Waals surface area contributed by atoms with E-state index in [9.17, 15) is 0 Å². The van der Waals surface area contributed by atoms with E-state index in [0.29, 0.717) is 7.35 Å². The number of hydrogen-bond acceptors (Lipinski definition) is 0. The molecule has 286 valence electrons. The first kappa shape index (κ1) is 40.8. The molecule has 2 atom stereocenters. The van der Waals surface area contributed by atoms with Crippen molar-refractivity contribution in [2.45, 2.75) is 148 Å². The van der Waals surface area contributed by atoms with Crippen LogP contribution >= 0.6 is 0 Å². The van der Waals surface area contributed by atoms with Gasteiger partial charge in [-0.1, -0.05) is 0 Å². The second-order valence-electron chi connectivity index (χ2n) is 21.8. The van der Waals surface area contributed by atoms with Crippen molar-refractivity contribution >= 4 is 15.4 Å². The molecule has 0 spiro atoms. The van der Waals surface area contributed by atoms with Crippen LogP contribution in [0.15, 0.2) is 84.9 Å². The van der Waals surface area contributed by atoms with E-state index in [1.54, 1.807) is 11.1 Å². The van der Waals surface area contributed by atoms with Crippen molar-refractivity contribution in [3.05, 3.63) is 129 Å². The van der Waals surface area contributed by atoms with E-state index in [4.69, 9.17) is 0 Å². The van der Waals surface area contributed by atoms with Crippen molar-refractivity contribution in [3.63, 3.8) is 0 Å². The zero-order valence-electron chi connectivity index (χ0n) is 36.8. The van der Waals surface area contributed by atoms with Gasteiger partial charge >= 0.3 is 333 Å². The Bertz CT molecular complexity index is 2010. The summed E-state index contributed by atoms with van der Waals surface area (Å²) in [5.41, 5.74) is 17.4. The van der Waals surface area contributed by atoms with Crippen LogP contribution in [0.2, 0.25) is 9.36 Å². The Kier molecular flexibility index (Phi) is 10.3. The molecule has 1 heteroatoms. The molecule has 2 unspecified atom stereocenters. The SMILES string of the molecule is CC[C](CC)=[Hf]([CH3])([CH3])([CH]1C=Cc2c(-c3cc(C(C)(C)C)cc(C(C)(C)C)c3)cccc21)[CH]1C=Cc2c(-c3cc(C(C)(C)C)cc(C(C)(C)C)c3)cccc21. The average Bonchev–Trinajstić information content (AvgIpc) is 3.73. The van der Waals surface area contributed by atoms with Crippen molar-refractivity contribution in [2.75, 3.05) is 0 Å². The minimum atomic E-state index is -4.14. The molecule has 0 amide bonds. The minimum absolute atomic E-state index is 0.0743. The molecule has 54 heavy (non-hydrogen) atoms. The number of rotatable bonds is 6. The van der Waals surface area contributed by atoms with Gasteiger partial charge in [-0.2, -0.15) is 0 Å². The molecule has 2 aliphatic carbocycles. The predicted octanol–water partition coefficient (Wildman–Crippen LogP) is 15.8. The van der Waals surface area contributed by atoms with Crippen LogP contribution < -0.4 is 0 Å². The molecule has 0 N–H and O–H groups in total. The quantitative estimate of drug-likeness (QED) is 0.169. The molecular weight excluding hydrogens is 815 g/mol. The van der Waals surface area contributed by atoms with E-state index >= 15 is 0 Å².